The molecule has 0 N–H and O–H groups in total. The lowest BCUT2D eigenvalue weighted by molar-refractivity contribution is 0.384. The fourth-order valence-electron chi connectivity index (χ4n) is 2.76. The second kappa shape index (κ2) is 5.62. The first-order valence-corrected chi connectivity index (χ1v) is 7.40. The van der Waals surface area contributed by atoms with Gasteiger partial charge in [0.15, 0.2) is 0 Å². The molecule has 3 unspecified atom stereocenters. The van der Waals surface area contributed by atoms with Crippen LogP contribution in [0.2, 0.25) is 5.02 Å². The molecule has 0 radical (unpaired) electrons. The Morgan fingerprint density at radius 1 is 1.41 bits per heavy atom. The number of methoxy groups -OCH3 is 1. The van der Waals surface area contributed by atoms with Gasteiger partial charge in [-0.2, -0.15) is 0 Å². The normalized spacial score (nSPS) is 25.9. The summed E-state index contributed by atoms with van der Waals surface area (Å²) in [6.07, 6.45) is 3.94. The lowest BCUT2D eigenvalue weighted by atomic mass is 9.90. The standard InChI is InChI=1S/C14H18BrClO/c1-9-4-3-5-11(9)14(15)12-8-10(16)6-7-13(12)17-2/h6-9,11,14H,3-5H2,1-2H3. The molecule has 17 heavy (non-hydrogen) atoms. The molecule has 0 amide bonds. The highest BCUT2D eigenvalue weighted by molar-refractivity contribution is 9.09. The molecule has 0 aliphatic heterocycles. The summed E-state index contributed by atoms with van der Waals surface area (Å²) in [6, 6.07) is 5.85. The Labute approximate surface area is 117 Å². The molecule has 1 nitrogen and oxygen atoms in total. The van der Waals surface area contributed by atoms with Gasteiger partial charge in [-0.3, -0.25) is 0 Å². The second-order valence-corrected chi connectivity index (χ2v) is 6.28. The van der Waals surface area contributed by atoms with Crippen LogP contribution in [0.5, 0.6) is 5.75 Å². The largest absolute Gasteiger partial charge is 0.496 e. The van der Waals surface area contributed by atoms with Crippen molar-refractivity contribution in [1.82, 2.24) is 0 Å². The maximum absolute atomic E-state index is 6.08. The molecule has 1 aliphatic rings. The van der Waals surface area contributed by atoms with Crippen LogP contribution in [0, 0.1) is 11.8 Å². The van der Waals surface area contributed by atoms with Gasteiger partial charge in [0.25, 0.3) is 0 Å². The highest BCUT2D eigenvalue weighted by Gasteiger charge is 2.31. The van der Waals surface area contributed by atoms with Gasteiger partial charge < -0.3 is 4.74 Å². The van der Waals surface area contributed by atoms with Crippen LogP contribution in [-0.2, 0) is 0 Å². The summed E-state index contributed by atoms with van der Waals surface area (Å²) in [5, 5.41) is 0.774. The Bertz CT molecular complexity index is 394. The first-order valence-electron chi connectivity index (χ1n) is 6.11. The van der Waals surface area contributed by atoms with Crippen LogP contribution in [0.15, 0.2) is 18.2 Å². The number of hydrogen-bond donors (Lipinski definition) is 0. The van der Waals surface area contributed by atoms with E-state index in [0.717, 1.165) is 16.7 Å². The van der Waals surface area contributed by atoms with Gasteiger partial charge in [-0.05, 0) is 36.5 Å². The minimum Gasteiger partial charge on any atom is -0.496 e. The van der Waals surface area contributed by atoms with E-state index >= 15 is 0 Å². The summed E-state index contributed by atoms with van der Waals surface area (Å²) >= 11 is 9.92. The fraction of sp³-hybridized carbons (Fsp3) is 0.571. The number of benzene rings is 1. The van der Waals surface area contributed by atoms with Crippen molar-refractivity contribution in [2.45, 2.75) is 31.0 Å². The molecule has 0 heterocycles. The molecule has 1 saturated carbocycles. The molecule has 1 aromatic carbocycles. The van der Waals surface area contributed by atoms with E-state index in [9.17, 15) is 0 Å². The zero-order valence-corrected chi connectivity index (χ0v) is 12.6. The number of halogens is 2. The number of hydrogen-bond acceptors (Lipinski definition) is 1. The average molecular weight is 318 g/mol. The van der Waals surface area contributed by atoms with Gasteiger partial charge in [0, 0.05) is 15.4 Å². The molecule has 1 aromatic rings. The topological polar surface area (TPSA) is 9.23 Å². The maximum Gasteiger partial charge on any atom is 0.123 e. The third kappa shape index (κ3) is 2.79. The van der Waals surface area contributed by atoms with E-state index in [-0.39, 0.29) is 0 Å². The van der Waals surface area contributed by atoms with Crippen LogP contribution in [0.3, 0.4) is 0 Å². The summed E-state index contributed by atoms with van der Waals surface area (Å²) in [5.74, 6) is 2.38. The van der Waals surface area contributed by atoms with E-state index in [4.69, 9.17) is 16.3 Å². The quantitative estimate of drug-likeness (QED) is 0.694. The van der Waals surface area contributed by atoms with E-state index < -0.39 is 0 Å². The van der Waals surface area contributed by atoms with E-state index in [1.807, 2.05) is 18.2 Å². The van der Waals surface area contributed by atoms with Crippen molar-refractivity contribution in [3.8, 4) is 5.75 Å². The average Bonchev–Trinajstić information content (AvgIpc) is 2.74. The summed E-state index contributed by atoms with van der Waals surface area (Å²) in [7, 11) is 1.71. The Balaban J connectivity index is 2.28. The van der Waals surface area contributed by atoms with Crippen LogP contribution in [0.25, 0.3) is 0 Å². The van der Waals surface area contributed by atoms with E-state index in [1.165, 1.54) is 24.8 Å². The molecule has 94 valence electrons. The Morgan fingerprint density at radius 3 is 2.76 bits per heavy atom. The zero-order valence-electron chi connectivity index (χ0n) is 10.2. The molecule has 3 heteroatoms. The highest BCUT2D eigenvalue weighted by atomic mass is 79.9. The van der Waals surface area contributed by atoms with Crippen LogP contribution in [-0.4, -0.2) is 7.11 Å². The Kier molecular flexibility index (Phi) is 4.37. The number of ether oxygens (including phenoxy) is 1. The van der Waals surface area contributed by atoms with Crippen LogP contribution in [0.1, 0.15) is 36.6 Å². The Hall–Kier alpha value is -0.210. The summed E-state index contributed by atoms with van der Waals surface area (Å²) < 4.78 is 5.43. The van der Waals surface area contributed by atoms with Crippen molar-refractivity contribution in [3.63, 3.8) is 0 Å². The smallest absolute Gasteiger partial charge is 0.123 e. The highest BCUT2D eigenvalue weighted by Crippen LogP contribution is 2.47. The lowest BCUT2D eigenvalue weighted by Gasteiger charge is -2.24. The third-order valence-corrected chi connectivity index (χ3v) is 5.20. The molecule has 3 atom stereocenters. The molecule has 0 aromatic heterocycles. The molecule has 0 saturated heterocycles. The first-order chi connectivity index (χ1) is 8.13. The lowest BCUT2D eigenvalue weighted by Crippen LogP contribution is -2.11. The summed E-state index contributed by atoms with van der Waals surface area (Å²) in [5.41, 5.74) is 1.18. The van der Waals surface area contributed by atoms with Gasteiger partial charge >= 0.3 is 0 Å². The van der Waals surface area contributed by atoms with Gasteiger partial charge in [0.1, 0.15) is 5.75 Å². The van der Waals surface area contributed by atoms with Crippen molar-refractivity contribution in [2.75, 3.05) is 7.11 Å². The molecule has 1 fully saturated rings. The van der Waals surface area contributed by atoms with Crippen molar-refractivity contribution in [1.29, 1.82) is 0 Å². The first kappa shape index (κ1) is 13.2. The Morgan fingerprint density at radius 2 is 2.18 bits per heavy atom. The molecule has 1 aliphatic carbocycles. The van der Waals surface area contributed by atoms with Crippen molar-refractivity contribution >= 4 is 27.5 Å². The van der Waals surface area contributed by atoms with E-state index in [2.05, 4.69) is 22.9 Å². The van der Waals surface area contributed by atoms with Crippen LogP contribution >= 0.6 is 27.5 Å². The van der Waals surface area contributed by atoms with Gasteiger partial charge in [-0.1, -0.05) is 47.3 Å². The minimum absolute atomic E-state index is 0.341. The molecule has 0 spiro atoms. The zero-order chi connectivity index (χ0) is 12.4. The van der Waals surface area contributed by atoms with Gasteiger partial charge in [-0.25, -0.2) is 0 Å². The number of alkyl halides is 1. The molecular weight excluding hydrogens is 300 g/mol. The molecule has 2 rings (SSSR count). The SMILES string of the molecule is COc1ccc(Cl)cc1C(Br)C1CCCC1C. The second-order valence-electron chi connectivity index (χ2n) is 4.86. The monoisotopic (exact) mass is 316 g/mol. The van der Waals surface area contributed by atoms with E-state index in [1.54, 1.807) is 7.11 Å². The van der Waals surface area contributed by atoms with Gasteiger partial charge in [-0.15, -0.1) is 0 Å². The number of rotatable bonds is 3. The summed E-state index contributed by atoms with van der Waals surface area (Å²) in [6.45, 7) is 2.34. The van der Waals surface area contributed by atoms with Crippen LogP contribution < -0.4 is 4.74 Å². The van der Waals surface area contributed by atoms with Gasteiger partial charge in [0.2, 0.25) is 0 Å². The van der Waals surface area contributed by atoms with Crippen molar-refractivity contribution < 1.29 is 4.74 Å². The van der Waals surface area contributed by atoms with Crippen molar-refractivity contribution in [2.24, 2.45) is 11.8 Å². The molecule has 0 bridgehead atoms. The minimum atomic E-state index is 0.341. The fourth-order valence-corrected chi connectivity index (χ4v) is 4.08. The predicted molar refractivity (Wildman–Crippen MR) is 76.2 cm³/mol. The maximum atomic E-state index is 6.08. The third-order valence-electron chi connectivity index (χ3n) is 3.79. The molecular formula is C14H18BrClO. The predicted octanol–water partition coefficient (Wildman–Crippen LogP) is 5.22. The van der Waals surface area contributed by atoms with Crippen LogP contribution in [0.4, 0.5) is 0 Å². The van der Waals surface area contributed by atoms with Crippen molar-refractivity contribution in [3.05, 3.63) is 28.8 Å². The van der Waals surface area contributed by atoms with Gasteiger partial charge in [0.05, 0.1) is 7.11 Å². The summed E-state index contributed by atoms with van der Waals surface area (Å²) in [4.78, 5) is 0.341. The van der Waals surface area contributed by atoms with E-state index in [0.29, 0.717) is 10.7 Å².